The van der Waals surface area contributed by atoms with E-state index in [0.29, 0.717) is 5.69 Å². The average molecular weight is 390 g/mol. The summed E-state index contributed by atoms with van der Waals surface area (Å²) in [5.74, 6) is -1.82. The van der Waals surface area contributed by atoms with Gasteiger partial charge in [-0.05, 0) is 58.0 Å². The number of carbonyl (C=O) groups is 1. The Morgan fingerprint density at radius 2 is 1.74 bits per heavy atom. The summed E-state index contributed by atoms with van der Waals surface area (Å²) in [6.45, 7) is 6.76. The van der Waals surface area contributed by atoms with Gasteiger partial charge in [-0.1, -0.05) is 17.7 Å². The molecule has 0 spiro atoms. The molecule has 142 valence electrons. The lowest BCUT2D eigenvalue weighted by molar-refractivity contribution is -0.145. The summed E-state index contributed by atoms with van der Waals surface area (Å²) in [7, 11) is -4.33. The molecule has 0 saturated carbocycles. The van der Waals surface area contributed by atoms with Gasteiger partial charge in [0.05, 0.1) is 11.4 Å². The number of fused-ring (bicyclic) bond motifs is 1. The SMILES string of the molecule is Cc1ccc(N2N=C(C(=O)OC(C)(C)C)S(=O)(=O)c3cc(F)ccc32)cc1. The van der Waals surface area contributed by atoms with Crippen LogP contribution in [0.1, 0.15) is 26.3 Å². The molecule has 27 heavy (non-hydrogen) atoms. The molecule has 0 unspecified atom stereocenters. The molecule has 0 atom stereocenters. The van der Waals surface area contributed by atoms with E-state index < -0.39 is 32.3 Å². The van der Waals surface area contributed by atoms with Crippen LogP contribution in [0.15, 0.2) is 52.5 Å². The van der Waals surface area contributed by atoms with E-state index in [1.807, 2.05) is 19.1 Å². The number of hydrazone groups is 1. The molecule has 8 heteroatoms. The molecule has 1 heterocycles. The third-order valence-corrected chi connectivity index (χ3v) is 5.40. The summed E-state index contributed by atoms with van der Waals surface area (Å²) < 4.78 is 44.8. The molecule has 0 saturated heterocycles. The lowest BCUT2D eigenvalue weighted by Crippen LogP contribution is -2.37. The number of aryl methyl sites for hydroxylation is 1. The highest BCUT2D eigenvalue weighted by Gasteiger charge is 2.40. The summed E-state index contributed by atoms with van der Waals surface area (Å²) in [6, 6.07) is 10.5. The van der Waals surface area contributed by atoms with Gasteiger partial charge in [0.25, 0.3) is 5.04 Å². The van der Waals surface area contributed by atoms with Crippen LogP contribution in [0.5, 0.6) is 0 Å². The van der Waals surface area contributed by atoms with E-state index in [1.165, 1.54) is 11.1 Å². The van der Waals surface area contributed by atoms with E-state index in [0.717, 1.165) is 17.7 Å². The van der Waals surface area contributed by atoms with Crippen molar-refractivity contribution in [1.29, 1.82) is 0 Å². The van der Waals surface area contributed by atoms with Crippen LogP contribution in [-0.2, 0) is 19.4 Å². The van der Waals surface area contributed by atoms with Crippen LogP contribution < -0.4 is 5.01 Å². The highest BCUT2D eigenvalue weighted by atomic mass is 32.2. The molecule has 1 aliphatic rings. The number of benzene rings is 2. The number of anilines is 2. The Balaban J connectivity index is 2.21. The van der Waals surface area contributed by atoms with Crippen molar-refractivity contribution in [3.05, 3.63) is 53.8 Å². The number of carbonyl (C=O) groups excluding carboxylic acids is 1. The lowest BCUT2D eigenvalue weighted by Gasteiger charge is -2.28. The Morgan fingerprint density at radius 3 is 2.33 bits per heavy atom. The molecule has 0 bridgehead atoms. The topological polar surface area (TPSA) is 76.0 Å². The molecule has 0 aliphatic carbocycles. The van der Waals surface area contributed by atoms with E-state index in [1.54, 1.807) is 32.9 Å². The molecule has 0 N–H and O–H groups in total. The van der Waals surface area contributed by atoms with Crippen molar-refractivity contribution >= 4 is 32.2 Å². The van der Waals surface area contributed by atoms with Crippen molar-refractivity contribution in [3.8, 4) is 0 Å². The van der Waals surface area contributed by atoms with Crippen LogP contribution in [0.25, 0.3) is 0 Å². The molecule has 3 rings (SSSR count). The number of rotatable bonds is 2. The van der Waals surface area contributed by atoms with Gasteiger partial charge >= 0.3 is 5.97 Å². The number of nitrogens with zero attached hydrogens (tertiary/aromatic N) is 2. The maximum Gasteiger partial charge on any atom is 0.371 e. The Kier molecular flexibility index (Phi) is 4.55. The van der Waals surface area contributed by atoms with Gasteiger partial charge in [0.2, 0.25) is 9.84 Å². The van der Waals surface area contributed by atoms with Gasteiger partial charge in [0.1, 0.15) is 16.3 Å². The molecule has 0 aromatic heterocycles. The predicted octanol–water partition coefficient (Wildman–Crippen LogP) is 3.71. The summed E-state index contributed by atoms with van der Waals surface area (Å²) in [5, 5.41) is 4.57. The molecule has 0 fully saturated rings. The van der Waals surface area contributed by atoms with E-state index >= 15 is 0 Å². The van der Waals surface area contributed by atoms with Crippen LogP contribution in [-0.4, -0.2) is 25.0 Å². The van der Waals surface area contributed by atoms with Gasteiger partial charge in [0.15, 0.2) is 0 Å². The van der Waals surface area contributed by atoms with Crippen molar-refractivity contribution in [2.75, 3.05) is 5.01 Å². The van der Waals surface area contributed by atoms with Gasteiger partial charge in [-0.15, -0.1) is 5.10 Å². The predicted molar refractivity (Wildman–Crippen MR) is 100 cm³/mol. The summed E-state index contributed by atoms with van der Waals surface area (Å²) >= 11 is 0. The number of ether oxygens (including phenoxy) is 1. The van der Waals surface area contributed by atoms with Gasteiger partial charge in [-0.25, -0.2) is 22.6 Å². The standard InChI is InChI=1S/C19H19FN2O4S/c1-12-5-8-14(9-6-12)22-15-10-7-13(20)11-16(15)27(24,25)17(21-22)18(23)26-19(2,3)4/h5-11H,1-4H3. The molecule has 2 aromatic carbocycles. The fourth-order valence-corrected chi connectivity index (χ4v) is 3.89. The van der Waals surface area contributed by atoms with Gasteiger partial charge < -0.3 is 4.74 Å². The third-order valence-electron chi connectivity index (χ3n) is 3.74. The molecule has 6 nitrogen and oxygen atoms in total. The lowest BCUT2D eigenvalue weighted by atomic mass is 10.2. The van der Waals surface area contributed by atoms with Crippen LogP contribution in [0, 0.1) is 12.7 Å². The number of hydrogen-bond donors (Lipinski definition) is 0. The van der Waals surface area contributed by atoms with Crippen LogP contribution in [0.4, 0.5) is 15.8 Å². The Bertz CT molecular complexity index is 1040. The van der Waals surface area contributed by atoms with Crippen molar-refractivity contribution < 1.29 is 22.3 Å². The van der Waals surface area contributed by atoms with E-state index in [2.05, 4.69) is 5.10 Å². The highest BCUT2D eigenvalue weighted by Crippen LogP contribution is 2.37. The third kappa shape index (κ3) is 3.71. The first kappa shape index (κ1) is 19.0. The first-order valence-electron chi connectivity index (χ1n) is 8.22. The van der Waals surface area contributed by atoms with Gasteiger partial charge in [-0.3, -0.25) is 0 Å². The second-order valence-electron chi connectivity index (χ2n) is 7.17. The molecule has 2 aromatic rings. The Labute approximate surface area is 157 Å². The first-order chi connectivity index (χ1) is 12.5. The maximum atomic E-state index is 13.8. The van der Waals surface area contributed by atoms with E-state index in [-0.39, 0.29) is 10.6 Å². The van der Waals surface area contributed by atoms with Crippen molar-refractivity contribution in [2.24, 2.45) is 5.10 Å². The van der Waals surface area contributed by atoms with Crippen LogP contribution >= 0.6 is 0 Å². The molecule has 0 radical (unpaired) electrons. The van der Waals surface area contributed by atoms with E-state index in [9.17, 15) is 17.6 Å². The van der Waals surface area contributed by atoms with Crippen molar-refractivity contribution in [1.82, 2.24) is 0 Å². The number of hydrogen-bond acceptors (Lipinski definition) is 6. The smallest absolute Gasteiger partial charge is 0.371 e. The quantitative estimate of drug-likeness (QED) is 0.731. The normalized spacial score (nSPS) is 15.7. The average Bonchev–Trinajstić information content (AvgIpc) is 2.55. The second-order valence-corrected chi connectivity index (χ2v) is 9.00. The highest BCUT2D eigenvalue weighted by molar-refractivity contribution is 8.08. The van der Waals surface area contributed by atoms with Crippen molar-refractivity contribution in [2.45, 2.75) is 38.2 Å². The monoisotopic (exact) mass is 390 g/mol. The number of halogens is 1. The minimum Gasteiger partial charge on any atom is -0.455 e. The van der Waals surface area contributed by atoms with Crippen LogP contribution in [0.2, 0.25) is 0 Å². The van der Waals surface area contributed by atoms with Crippen LogP contribution in [0.3, 0.4) is 0 Å². The van der Waals surface area contributed by atoms with Gasteiger partial charge in [-0.2, -0.15) is 0 Å². The number of esters is 1. The summed E-state index contributed by atoms with van der Waals surface area (Å²) in [4.78, 5) is 12.2. The van der Waals surface area contributed by atoms with E-state index in [4.69, 9.17) is 4.74 Å². The zero-order valence-electron chi connectivity index (χ0n) is 15.4. The number of sulfone groups is 1. The van der Waals surface area contributed by atoms with Gasteiger partial charge in [0, 0.05) is 0 Å². The summed E-state index contributed by atoms with van der Waals surface area (Å²) in [6.07, 6.45) is 0. The molecule has 1 aliphatic heterocycles. The second kappa shape index (κ2) is 6.45. The summed E-state index contributed by atoms with van der Waals surface area (Å²) in [5.41, 5.74) is 0.780. The zero-order valence-corrected chi connectivity index (χ0v) is 16.2. The molecular formula is C19H19FN2O4S. The zero-order chi connectivity index (χ0) is 20.0. The molecule has 0 amide bonds. The fourth-order valence-electron chi connectivity index (χ4n) is 2.54. The largest absolute Gasteiger partial charge is 0.455 e. The minimum absolute atomic E-state index is 0.160. The maximum absolute atomic E-state index is 13.8. The van der Waals surface area contributed by atoms with Crippen molar-refractivity contribution in [3.63, 3.8) is 0 Å². The first-order valence-corrected chi connectivity index (χ1v) is 9.71. The molecular weight excluding hydrogens is 371 g/mol. The Morgan fingerprint density at radius 1 is 1.11 bits per heavy atom. The fraction of sp³-hybridized carbons (Fsp3) is 0.263. The minimum atomic E-state index is -4.33. The Hall–Kier alpha value is -2.74.